The lowest BCUT2D eigenvalue weighted by molar-refractivity contribution is -0.120. The Bertz CT molecular complexity index is 955. The van der Waals surface area contributed by atoms with Gasteiger partial charge in [-0.1, -0.05) is 0 Å². The van der Waals surface area contributed by atoms with Crippen LogP contribution in [0.4, 0.5) is 0 Å². The molecular weight excluding hydrogens is 334 g/mol. The SMILES string of the molecule is COc1ccc(-c2ccc(=O)n(C(NC(C)=O)c3cnccn3)n2)cc1. The first-order valence-electron chi connectivity index (χ1n) is 7.86. The predicted octanol–water partition coefficient (Wildman–Crippen LogP) is 1.39. The van der Waals surface area contributed by atoms with Crippen LogP contribution in [0.25, 0.3) is 11.3 Å². The van der Waals surface area contributed by atoms with Gasteiger partial charge in [0.15, 0.2) is 6.17 Å². The van der Waals surface area contributed by atoms with Gasteiger partial charge >= 0.3 is 0 Å². The first-order valence-corrected chi connectivity index (χ1v) is 7.86. The van der Waals surface area contributed by atoms with E-state index in [1.807, 2.05) is 12.1 Å². The molecule has 1 unspecified atom stereocenters. The molecule has 0 saturated carbocycles. The molecule has 0 spiro atoms. The van der Waals surface area contributed by atoms with E-state index < -0.39 is 6.17 Å². The topological polar surface area (TPSA) is 99.0 Å². The van der Waals surface area contributed by atoms with Crippen molar-refractivity contribution in [1.82, 2.24) is 25.1 Å². The number of rotatable bonds is 5. The van der Waals surface area contributed by atoms with Crippen molar-refractivity contribution in [3.63, 3.8) is 0 Å². The van der Waals surface area contributed by atoms with Crippen LogP contribution in [0.2, 0.25) is 0 Å². The molecule has 3 rings (SSSR count). The maximum Gasteiger partial charge on any atom is 0.269 e. The van der Waals surface area contributed by atoms with Gasteiger partial charge in [0.05, 0.1) is 19.0 Å². The predicted molar refractivity (Wildman–Crippen MR) is 94.5 cm³/mol. The number of carbonyl (C=O) groups excluding carboxylic acids is 1. The van der Waals surface area contributed by atoms with Crippen LogP contribution < -0.4 is 15.6 Å². The Balaban J connectivity index is 2.06. The van der Waals surface area contributed by atoms with Crippen LogP contribution in [-0.4, -0.2) is 32.8 Å². The molecule has 0 fully saturated rings. The summed E-state index contributed by atoms with van der Waals surface area (Å²) in [6.45, 7) is 1.36. The zero-order chi connectivity index (χ0) is 18.5. The highest BCUT2D eigenvalue weighted by molar-refractivity contribution is 5.73. The largest absolute Gasteiger partial charge is 0.497 e. The number of carbonyl (C=O) groups is 1. The Morgan fingerprint density at radius 2 is 1.92 bits per heavy atom. The fourth-order valence-electron chi connectivity index (χ4n) is 2.43. The lowest BCUT2D eigenvalue weighted by Crippen LogP contribution is -2.39. The zero-order valence-corrected chi connectivity index (χ0v) is 14.3. The summed E-state index contributed by atoms with van der Waals surface area (Å²) in [7, 11) is 1.59. The highest BCUT2D eigenvalue weighted by Gasteiger charge is 2.19. The second-order valence-corrected chi connectivity index (χ2v) is 5.46. The van der Waals surface area contributed by atoms with Crippen LogP contribution in [0.15, 0.2) is 59.8 Å². The average molecular weight is 351 g/mol. The molecule has 1 N–H and O–H groups in total. The molecule has 0 bridgehead atoms. The minimum Gasteiger partial charge on any atom is -0.497 e. The fourth-order valence-corrected chi connectivity index (χ4v) is 2.43. The Morgan fingerprint density at radius 3 is 2.54 bits per heavy atom. The normalized spacial score (nSPS) is 11.6. The van der Waals surface area contributed by atoms with Gasteiger partial charge in [-0.3, -0.25) is 19.6 Å². The van der Waals surface area contributed by atoms with Gasteiger partial charge in [-0.25, -0.2) is 4.68 Å². The zero-order valence-electron chi connectivity index (χ0n) is 14.3. The van der Waals surface area contributed by atoms with Crippen LogP contribution in [0.3, 0.4) is 0 Å². The molecule has 8 heteroatoms. The Labute approximate surface area is 149 Å². The lowest BCUT2D eigenvalue weighted by Gasteiger charge is -2.19. The van der Waals surface area contributed by atoms with Crippen molar-refractivity contribution in [3.05, 3.63) is 71.0 Å². The summed E-state index contributed by atoms with van der Waals surface area (Å²) in [5.41, 5.74) is 1.42. The quantitative estimate of drug-likeness (QED) is 0.746. The van der Waals surface area contributed by atoms with E-state index in [0.29, 0.717) is 11.4 Å². The van der Waals surface area contributed by atoms with E-state index in [4.69, 9.17) is 4.74 Å². The van der Waals surface area contributed by atoms with E-state index in [0.717, 1.165) is 11.3 Å². The monoisotopic (exact) mass is 351 g/mol. The first kappa shape index (κ1) is 17.3. The molecular formula is C18H17N5O3. The molecule has 3 aromatic rings. The van der Waals surface area contributed by atoms with Gasteiger partial charge in [0, 0.05) is 30.9 Å². The van der Waals surface area contributed by atoms with Crippen molar-refractivity contribution in [2.24, 2.45) is 0 Å². The first-order chi connectivity index (χ1) is 12.6. The van der Waals surface area contributed by atoms with E-state index in [-0.39, 0.29) is 11.5 Å². The summed E-state index contributed by atoms with van der Waals surface area (Å²) in [4.78, 5) is 32.2. The summed E-state index contributed by atoms with van der Waals surface area (Å²) in [6.07, 6.45) is 3.63. The van der Waals surface area contributed by atoms with Crippen LogP contribution in [0.1, 0.15) is 18.8 Å². The van der Waals surface area contributed by atoms with Gasteiger partial charge in [0.25, 0.3) is 5.56 Å². The van der Waals surface area contributed by atoms with E-state index in [1.165, 1.54) is 36.3 Å². The van der Waals surface area contributed by atoms with Crippen molar-refractivity contribution >= 4 is 5.91 Å². The molecule has 0 radical (unpaired) electrons. The molecule has 0 aliphatic heterocycles. The van der Waals surface area contributed by atoms with Crippen molar-refractivity contribution in [2.45, 2.75) is 13.1 Å². The molecule has 8 nitrogen and oxygen atoms in total. The van der Waals surface area contributed by atoms with Crippen LogP contribution in [0, 0.1) is 0 Å². The van der Waals surface area contributed by atoms with Gasteiger partial charge in [-0.05, 0) is 30.3 Å². The van der Waals surface area contributed by atoms with E-state index in [9.17, 15) is 9.59 Å². The molecule has 2 heterocycles. The third-order valence-electron chi connectivity index (χ3n) is 3.66. The molecule has 1 aromatic carbocycles. The fraction of sp³-hybridized carbons (Fsp3) is 0.167. The van der Waals surface area contributed by atoms with Crippen molar-refractivity contribution in [2.75, 3.05) is 7.11 Å². The van der Waals surface area contributed by atoms with Gasteiger partial charge in [0.1, 0.15) is 11.4 Å². The summed E-state index contributed by atoms with van der Waals surface area (Å²) in [6, 6.07) is 10.3. The van der Waals surface area contributed by atoms with Crippen molar-refractivity contribution in [1.29, 1.82) is 0 Å². The number of ether oxygens (including phenoxy) is 1. The second kappa shape index (κ2) is 7.56. The van der Waals surface area contributed by atoms with Crippen molar-refractivity contribution < 1.29 is 9.53 Å². The third kappa shape index (κ3) is 3.75. The van der Waals surface area contributed by atoms with Gasteiger partial charge in [-0.2, -0.15) is 5.10 Å². The maximum absolute atomic E-state index is 12.4. The van der Waals surface area contributed by atoms with Crippen LogP contribution in [-0.2, 0) is 4.79 Å². The number of amides is 1. The molecule has 1 atom stereocenters. The number of hydrogen-bond donors (Lipinski definition) is 1. The highest BCUT2D eigenvalue weighted by atomic mass is 16.5. The maximum atomic E-state index is 12.4. The number of nitrogens with zero attached hydrogens (tertiary/aromatic N) is 4. The smallest absolute Gasteiger partial charge is 0.269 e. The number of aromatic nitrogens is 4. The summed E-state index contributed by atoms with van der Waals surface area (Å²) >= 11 is 0. The van der Waals surface area contributed by atoms with Crippen molar-refractivity contribution in [3.8, 4) is 17.0 Å². The van der Waals surface area contributed by atoms with Gasteiger partial charge in [0.2, 0.25) is 5.91 Å². The molecule has 0 aliphatic rings. The Hall–Kier alpha value is -3.55. The Morgan fingerprint density at radius 1 is 1.15 bits per heavy atom. The Kier molecular flexibility index (Phi) is 5.02. The van der Waals surface area contributed by atoms with Crippen LogP contribution in [0.5, 0.6) is 5.75 Å². The minimum absolute atomic E-state index is 0.316. The molecule has 26 heavy (non-hydrogen) atoms. The number of nitrogens with one attached hydrogen (secondary N) is 1. The number of methoxy groups -OCH3 is 1. The molecule has 2 aromatic heterocycles. The summed E-state index contributed by atoms with van der Waals surface area (Å²) in [5.74, 6) is 0.405. The highest BCUT2D eigenvalue weighted by Crippen LogP contribution is 2.20. The number of benzene rings is 1. The minimum atomic E-state index is -0.855. The second-order valence-electron chi connectivity index (χ2n) is 5.46. The third-order valence-corrected chi connectivity index (χ3v) is 3.66. The average Bonchev–Trinajstić information content (AvgIpc) is 2.67. The lowest BCUT2D eigenvalue weighted by atomic mass is 10.1. The van der Waals surface area contributed by atoms with Gasteiger partial charge in [-0.15, -0.1) is 0 Å². The van der Waals surface area contributed by atoms with E-state index in [1.54, 1.807) is 25.3 Å². The molecule has 1 amide bonds. The molecule has 0 saturated heterocycles. The summed E-state index contributed by atoms with van der Waals surface area (Å²) < 4.78 is 6.33. The van der Waals surface area contributed by atoms with Gasteiger partial charge < -0.3 is 10.1 Å². The number of hydrogen-bond acceptors (Lipinski definition) is 6. The van der Waals surface area contributed by atoms with E-state index in [2.05, 4.69) is 20.4 Å². The standard InChI is InChI=1S/C18H17N5O3/c1-12(24)21-18(16-11-19-9-10-20-16)23-17(25)8-7-15(22-23)13-3-5-14(26-2)6-4-13/h3-11,18H,1-2H3,(H,21,24). The molecule has 132 valence electrons. The molecule has 0 aliphatic carbocycles. The van der Waals surface area contributed by atoms with E-state index >= 15 is 0 Å². The summed E-state index contributed by atoms with van der Waals surface area (Å²) in [5, 5.41) is 7.10. The van der Waals surface area contributed by atoms with Crippen LogP contribution >= 0.6 is 0 Å².